The molecule has 0 fully saturated rings. The van der Waals surface area contributed by atoms with Crippen LogP contribution in [0.25, 0.3) is 0 Å². The summed E-state index contributed by atoms with van der Waals surface area (Å²) >= 11 is 0. The Kier molecular flexibility index (Phi) is 8.47. The summed E-state index contributed by atoms with van der Waals surface area (Å²) in [5, 5.41) is 0. The Labute approximate surface area is 123 Å². The van der Waals surface area contributed by atoms with E-state index in [-0.39, 0.29) is 11.9 Å². The highest BCUT2D eigenvalue weighted by Gasteiger charge is 2.10. The molecule has 0 saturated heterocycles. The van der Waals surface area contributed by atoms with Gasteiger partial charge in [-0.2, -0.15) is 0 Å². The standard InChI is InChI=1S/C17H29FN2/c1-3-5-11-20(12-6-4-2)13-10-17(19)15-8-7-9-16(18)14-15/h7-9,14,17H,3-6,10-13,19H2,1-2H3. The average molecular weight is 280 g/mol. The summed E-state index contributed by atoms with van der Waals surface area (Å²) in [7, 11) is 0. The van der Waals surface area contributed by atoms with Crippen LogP contribution in [0.1, 0.15) is 57.6 Å². The molecule has 1 aromatic carbocycles. The van der Waals surface area contributed by atoms with Gasteiger partial charge in [-0.1, -0.05) is 38.8 Å². The monoisotopic (exact) mass is 280 g/mol. The first kappa shape index (κ1) is 17.1. The van der Waals surface area contributed by atoms with Gasteiger partial charge in [0.05, 0.1) is 0 Å². The van der Waals surface area contributed by atoms with Gasteiger partial charge in [-0.05, 0) is 56.6 Å². The summed E-state index contributed by atoms with van der Waals surface area (Å²) in [6.45, 7) is 7.73. The van der Waals surface area contributed by atoms with Crippen LogP contribution in [0.5, 0.6) is 0 Å². The second-order valence-electron chi connectivity index (χ2n) is 5.50. The highest BCUT2D eigenvalue weighted by molar-refractivity contribution is 5.19. The smallest absolute Gasteiger partial charge is 0.123 e. The molecule has 1 aromatic rings. The minimum atomic E-state index is -0.202. The maximum Gasteiger partial charge on any atom is 0.123 e. The fourth-order valence-corrected chi connectivity index (χ4v) is 2.32. The van der Waals surface area contributed by atoms with Crippen molar-refractivity contribution in [3.8, 4) is 0 Å². The molecule has 0 aromatic heterocycles. The van der Waals surface area contributed by atoms with E-state index in [0.29, 0.717) is 0 Å². The second-order valence-corrected chi connectivity index (χ2v) is 5.50. The molecule has 2 nitrogen and oxygen atoms in total. The third-order valence-electron chi connectivity index (χ3n) is 3.69. The van der Waals surface area contributed by atoms with E-state index in [9.17, 15) is 4.39 Å². The van der Waals surface area contributed by atoms with E-state index >= 15 is 0 Å². The van der Waals surface area contributed by atoms with Crippen LogP contribution in [0.15, 0.2) is 24.3 Å². The number of hydrogen-bond donors (Lipinski definition) is 1. The number of rotatable bonds is 10. The normalized spacial score (nSPS) is 12.8. The maximum atomic E-state index is 13.2. The van der Waals surface area contributed by atoms with E-state index in [1.54, 1.807) is 12.1 Å². The van der Waals surface area contributed by atoms with Gasteiger partial charge in [0.25, 0.3) is 0 Å². The van der Waals surface area contributed by atoms with Crippen molar-refractivity contribution >= 4 is 0 Å². The zero-order chi connectivity index (χ0) is 14.8. The van der Waals surface area contributed by atoms with Gasteiger partial charge in [-0.3, -0.25) is 0 Å². The number of nitrogens with two attached hydrogens (primary N) is 1. The molecule has 3 heteroatoms. The summed E-state index contributed by atoms with van der Waals surface area (Å²) in [4.78, 5) is 2.49. The SMILES string of the molecule is CCCCN(CCCC)CCC(N)c1cccc(F)c1. The van der Waals surface area contributed by atoms with Crippen LogP contribution in [0.4, 0.5) is 4.39 Å². The lowest BCUT2D eigenvalue weighted by atomic mass is 10.0. The number of benzene rings is 1. The largest absolute Gasteiger partial charge is 0.324 e. The first-order chi connectivity index (χ1) is 9.67. The van der Waals surface area contributed by atoms with Gasteiger partial charge in [0.15, 0.2) is 0 Å². The van der Waals surface area contributed by atoms with Crippen LogP contribution in [0.3, 0.4) is 0 Å². The summed E-state index contributed by atoms with van der Waals surface area (Å²) in [5.41, 5.74) is 7.08. The Bertz CT molecular complexity index is 360. The van der Waals surface area contributed by atoms with Crippen LogP contribution in [-0.2, 0) is 0 Å². The first-order valence-electron chi connectivity index (χ1n) is 7.90. The number of hydrogen-bond acceptors (Lipinski definition) is 2. The molecule has 0 radical (unpaired) electrons. The van der Waals surface area contributed by atoms with Crippen molar-refractivity contribution in [3.05, 3.63) is 35.6 Å². The molecule has 20 heavy (non-hydrogen) atoms. The van der Waals surface area contributed by atoms with Gasteiger partial charge in [-0.25, -0.2) is 4.39 Å². The third kappa shape index (κ3) is 6.49. The Balaban J connectivity index is 2.44. The summed E-state index contributed by atoms with van der Waals surface area (Å²) in [6, 6.07) is 6.58. The fourth-order valence-electron chi connectivity index (χ4n) is 2.32. The molecule has 0 aliphatic rings. The molecule has 0 aliphatic heterocycles. The van der Waals surface area contributed by atoms with E-state index in [0.717, 1.165) is 31.6 Å². The van der Waals surface area contributed by atoms with Crippen molar-refractivity contribution in [2.24, 2.45) is 5.73 Å². The Hall–Kier alpha value is -0.930. The minimum absolute atomic E-state index is 0.0727. The minimum Gasteiger partial charge on any atom is -0.324 e. The third-order valence-corrected chi connectivity index (χ3v) is 3.69. The van der Waals surface area contributed by atoms with Crippen molar-refractivity contribution < 1.29 is 4.39 Å². The lowest BCUT2D eigenvalue weighted by molar-refractivity contribution is 0.255. The molecule has 114 valence electrons. The predicted octanol–water partition coefficient (Wildman–Crippen LogP) is 4.12. The molecule has 1 unspecified atom stereocenters. The van der Waals surface area contributed by atoms with Crippen molar-refractivity contribution in [2.75, 3.05) is 19.6 Å². The van der Waals surface area contributed by atoms with Gasteiger partial charge in [0.1, 0.15) is 5.82 Å². The van der Waals surface area contributed by atoms with Crippen molar-refractivity contribution in [2.45, 2.75) is 52.0 Å². The quantitative estimate of drug-likeness (QED) is 0.698. The van der Waals surface area contributed by atoms with E-state index in [1.807, 2.05) is 6.07 Å². The lowest BCUT2D eigenvalue weighted by Crippen LogP contribution is -2.29. The molecule has 2 N–H and O–H groups in total. The molecule has 0 heterocycles. The summed E-state index contributed by atoms with van der Waals surface area (Å²) in [6.07, 6.45) is 5.80. The van der Waals surface area contributed by atoms with Gasteiger partial charge >= 0.3 is 0 Å². The van der Waals surface area contributed by atoms with Crippen LogP contribution in [0, 0.1) is 5.82 Å². The zero-order valence-electron chi connectivity index (χ0n) is 12.9. The number of halogens is 1. The van der Waals surface area contributed by atoms with Gasteiger partial charge in [0, 0.05) is 6.04 Å². The average Bonchev–Trinajstić information content (AvgIpc) is 2.46. The molecule has 0 spiro atoms. The summed E-state index contributed by atoms with van der Waals surface area (Å²) in [5.74, 6) is -0.202. The topological polar surface area (TPSA) is 29.3 Å². The molecular formula is C17H29FN2. The van der Waals surface area contributed by atoms with Crippen LogP contribution in [-0.4, -0.2) is 24.5 Å². The fraction of sp³-hybridized carbons (Fsp3) is 0.647. The molecular weight excluding hydrogens is 251 g/mol. The Morgan fingerprint density at radius 3 is 2.30 bits per heavy atom. The van der Waals surface area contributed by atoms with Crippen molar-refractivity contribution in [1.82, 2.24) is 4.90 Å². The van der Waals surface area contributed by atoms with Crippen LogP contribution in [0.2, 0.25) is 0 Å². The molecule has 0 saturated carbocycles. The summed E-state index contributed by atoms with van der Waals surface area (Å²) < 4.78 is 13.2. The Morgan fingerprint density at radius 2 is 1.75 bits per heavy atom. The molecule has 0 aliphatic carbocycles. The zero-order valence-corrected chi connectivity index (χ0v) is 12.9. The highest BCUT2D eigenvalue weighted by Crippen LogP contribution is 2.16. The number of nitrogens with zero attached hydrogens (tertiary/aromatic N) is 1. The van der Waals surface area contributed by atoms with Crippen LogP contribution < -0.4 is 5.73 Å². The van der Waals surface area contributed by atoms with Crippen molar-refractivity contribution in [1.29, 1.82) is 0 Å². The first-order valence-corrected chi connectivity index (χ1v) is 7.90. The van der Waals surface area contributed by atoms with Crippen molar-refractivity contribution in [3.63, 3.8) is 0 Å². The van der Waals surface area contributed by atoms with E-state index in [4.69, 9.17) is 5.73 Å². The maximum absolute atomic E-state index is 13.2. The predicted molar refractivity (Wildman–Crippen MR) is 84.2 cm³/mol. The molecule has 1 atom stereocenters. The molecule has 0 bridgehead atoms. The van der Waals surface area contributed by atoms with E-state index in [1.165, 1.54) is 31.7 Å². The van der Waals surface area contributed by atoms with E-state index < -0.39 is 0 Å². The van der Waals surface area contributed by atoms with Crippen LogP contribution >= 0.6 is 0 Å². The molecule has 0 amide bonds. The van der Waals surface area contributed by atoms with Gasteiger partial charge < -0.3 is 10.6 Å². The molecule has 1 rings (SSSR count). The second kappa shape index (κ2) is 9.89. The number of unbranched alkanes of at least 4 members (excludes halogenated alkanes) is 2. The van der Waals surface area contributed by atoms with Gasteiger partial charge in [0.2, 0.25) is 0 Å². The van der Waals surface area contributed by atoms with E-state index in [2.05, 4.69) is 18.7 Å². The highest BCUT2D eigenvalue weighted by atomic mass is 19.1. The lowest BCUT2D eigenvalue weighted by Gasteiger charge is -2.23. The van der Waals surface area contributed by atoms with Gasteiger partial charge in [-0.15, -0.1) is 0 Å². The Morgan fingerprint density at radius 1 is 1.10 bits per heavy atom.